The Bertz CT molecular complexity index is 1280. The lowest BCUT2D eigenvalue weighted by atomic mass is 9.92. The summed E-state index contributed by atoms with van der Waals surface area (Å²) >= 11 is 0. The molecule has 0 N–H and O–H groups in total. The smallest absolute Gasteiger partial charge is 0.146 e. The summed E-state index contributed by atoms with van der Waals surface area (Å²) in [7, 11) is 3.07. The van der Waals surface area contributed by atoms with Crippen molar-refractivity contribution in [1.82, 2.24) is 0 Å². The molecule has 3 aromatic carbocycles. The fraction of sp³-hybridized carbons (Fsp3) is 0.633. The van der Waals surface area contributed by atoms with Crippen LogP contribution in [0.15, 0.2) is 91.0 Å². The highest BCUT2D eigenvalue weighted by molar-refractivity contribution is 7.95. The number of hydrogen-bond donors (Lipinski definition) is 0. The average Bonchev–Trinajstić information content (AvgIpc) is 3.26. The second kappa shape index (κ2) is 29.1. The van der Waals surface area contributed by atoms with E-state index < -0.39 is 7.26 Å². The van der Waals surface area contributed by atoms with Gasteiger partial charge < -0.3 is 33.2 Å². The molecule has 1 saturated heterocycles. The zero-order valence-corrected chi connectivity index (χ0v) is 36.8. The maximum absolute atomic E-state index is 6.94. The summed E-state index contributed by atoms with van der Waals surface area (Å²) < 4.78 is 42.3. The third-order valence-corrected chi connectivity index (χ3v) is 16.1. The van der Waals surface area contributed by atoms with Gasteiger partial charge in [-0.25, -0.2) is 0 Å². The second-order valence-electron chi connectivity index (χ2n) is 15.8. The number of ether oxygens (including phenoxy) is 7. The van der Waals surface area contributed by atoms with Gasteiger partial charge in [0.2, 0.25) is 0 Å². The zero-order valence-electron chi connectivity index (χ0n) is 35.9. The standard InChI is InChI=1S/C49H76O7P/c1-5-6-7-8-9-10-11-12-13-14-15-25-32-48-47(55-41-52-4)35-36-49(56-48)46(54-40-51-3)34-33-42(53-39-50-2)37-38-57(43-26-19-16-20-27-43,44-28-21-17-22-29-44)45-30-23-18-24-31-45/h16-24,26-31,42,46-49H,5-15,25,32-41H2,1-4H3/q+1/t42-,46+,47+,48+,49+/m0/s1. The first-order valence-corrected chi connectivity index (χ1v) is 24.2. The Kier molecular flexibility index (Phi) is 24.2. The lowest BCUT2D eigenvalue weighted by Gasteiger charge is -2.39. The Morgan fingerprint density at radius 1 is 0.561 bits per heavy atom. The molecule has 0 aromatic heterocycles. The minimum atomic E-state index is -2.00. The fourth-order valence-electron chi connectivity index (χ4n) is 8.53. The van der Waals surface area contributed by atoms with Crippen LogP contribution in [0.5, 0.6) is 0 Å². The number of unbranched alkanes of at least 4 members (excludes halogenated alkanes) is 11. The van der Waals surface area contributed by atoms with Gasteiger partial charge >= 0.3 is 0 Å². The molecule has 1 heterocycles. The van der Waals surface area contributed by atoms with Crippen molar-refractivity contribution in [2.24, 2.45) is 0 Å². The van der Waals surface area contributed by atoms with Crippen molar-refractivity contribution in [3.63, 3.8) is 0 Å². The molecule has 4 rings (SSSR count). The quantitative estimate of drug-likeness (QED) is 0.0354. The third kappa shape index (κ3) is 16.4. The van der Waals surface area contributed by atoms with Crippen molar-refractivity contribution in [2.45, 2.75) is 153 Å². The first kappa shape index (κ1) is 47.5. The summed E-state index contributed by atoms with van der Waals surface area (Å²) in [5.41, 5.74) is 0. The van der Waals surface area contributed by atoms with Gasteiger partial charge in [0.25, 0.3) is 0 Å². The lowest BCUT2D eigenvalue weighted by molar-refractivity contribution is -0.210. The Morgan fingerprint density at radius 2 is 1.05 bits per heavy atom. The van der Waals surface area contributed by atoms with Gasteiger partial charge in [0, 0.05) is 27.8 Å². The fourth-order valence-corrected chi connectivity index (χ4v) is 12.9. The molecule has 1 aliphatic rings. The third-order valence-electron chi connectivity index (χ3n) is 11.6. The van der Waals surface area contributed by atoms with Crippen LogP contribution in [-0.4, -0.2) is 78.4 Å². The SMILES string of the molecule is CCCCCCCCCCCCCC[C@H]1O[C@@H]([C@@H](CC[C@@H](CC[P+](c2ccccc2)(c2ccccc2)c2ccccc2)OCOC)OCOC)CC[C@H]1OCOC. The molecule has 57 heavy (non-hydrogen) atoms. The van der Waals surface area contributed by atoms with Crippen molar-refractivity contribution >= 4 is 23.2 Å². The molecule has 0 unspecified atom stereocenters. The first-order valence-electron chi connectivity index (χ1n) is 22.2. The molecular weight excluding hydrogens is 732 g/mol. The van der Waals surface area contributed by atoms with Crippen LogP contribution in [0.1, 0.15) is 122 Å². The molecule has 0 amide bonds. The lowest BCUT2D eigenvalue weighted by Crippen LogP contribution is -2.46. The zero-order chi connectivity index (χ0) is 40.2. The molecule has 0 spiro atoms. The number of benzene rings is 3. The molecule has 0 aliphatic carbocycles. The molecule has 0 bridgehead atoms. The van der Waals surface area contributed by atoms with Crippen LogP contribution in [0.25, 0.3) is 0 Å². The molecule has 3 aromatic rings. The minimum Gasteiger partial charge on any atom is -0.370 e. The summed E-state index contributed by atoms with van der Waals surface area (Å²) in [5, 5.41) is 4.15. The summed E-state index contributed by atoms with van der Waals surface area (Å²) in [5.74, 6) is 0. The monoisotopic (exact) mass is 808 g/mol. The van der Waals surface area contributed by atoms with Gasteiger partial charge in [-0.05, 0) is 68.5 Å². The van der Waals surface area contributed by atoms with Gasteiger partial charge in [-0.3, -0.25) is 0 Å². The van der Waals surface area contributed by atoms with E-state index in [9.17, 15) is 0 Å². The van der Waals surface area contributed by atoms with Crippen LogP contribution in [0.3, 0.4) is 0 Å². The van der Waals surface area contributed by atoms with Crippen LogP contribution in [0.2, 0.25) is 0 Å². The second-order valence-corrected chi connectivity index (χ2v) is 19.4. The average molecular weight is 808 g/mol. The van der Waals surface area contributed by atoms with Crippen LogP contribution in [0, 0.1) is 0 Å². The molecule has 5 atom stereocenters. The van der Waals surface area contributed by atoms with E-state index in [-0.39, 0.29) is 50.9 Å². The predicted molar refractivity (Wildman–Crippen MR) is 238 cm³/mol. The highest BCUT2D eigenvalue weighted by Crippen LogP contribution is 2.56. The van der Waals surface area contributed by atoms with E-state index in [4.69, 9.17) is 33.2 Å². The first-order chi connectivity index (χ1) is 28.2. The maximum atomic E-state index is 6.94. The maximum Gasteiger partial charge on any atom is 0.146 e. The molecule has 1 aliphatic heterocycles. The molecule has 7 nitrogen and oxygen atoms in total. The van der Waals surface area contributed by atoms with E-state index in [1.807, 2.05) is 0 Å². The Hall–Kier alpha value is -2.19. The normalized spacial score (nSPS) is 18.4. The van der Waals surface area contributed by atoms with E-state index in [2.05, 4.69) is 97.9 Å². The molecule has 8 heteroatoms. The van der Waals surface area contributed by atoms with Gasteiger partial charge in [0.05, 0.1) is 36.7 Å². The van der Waals surface area contributed by atoms with Crippen molar-refractivity contribution in [3.8, 4) is 0 Å². The van der Waals surface area contributed by atoms with E-state index >= 15 is 0 Å². The topological polar surface area (TPSA) is 64.6 Å². The number of hydrogen-bond acceptors (Lipinski definition) is 7. The van der Waals surface area contributed by atoms with E-state index in [0.29, 0.717) is 0 Å². The number of rotatable bonds is 32. The highest BCUT2D eigenvalue weighted by atomic mass is 31.2. The molecule has 0 radical (unpaired) electrons. The highest BCUT2D eigenvalue weighted by Gasteiger charge is 2.45. The van der Waals surface area contributed by atoms with Crippen molar-refractivity contribution in [2.75, 3.05) is 47.9 Å². The van der Waals surface area contributed by atoms with Gasteiger partial charge in [-0.2, -0.15) is 0 Å². The van der Waals surface area contributed by atoms with Crippen LogP contribution in [-0.2, 0) is 33.2 Å². The van der Waals surface area contributed by atoms with Crippen LogP contribution >= 0.6 is 7.26 Å². The molecule has 1 fully saturated rings. The largest absolute Gasteiger partial charge is 0.370 e. The van der Waals surface area contributed by atoms with E-state index in [1.54, 1.807) is 21.3 Å². The van der Waals surface area contributed by atoms with Crippen molar-refractivity contribution in [3.05, 3.63) is 91.0 Å². The molecule has 318 valence electrons. The van der Waals surface area contributed by atoms with Crippen molar-refractivity contribution in [1.29, 1.82) is 0 Å². The molecule has 0 saturated carbocycles. The Morgan fingerprint density at radius 3 is 1.56 bits per heavy atom. The van der Waals surface area contributed by atoms with Gasteiger partial charge in [0.1, 0.15) is 43.6 Å². The van der Waals surface area contributed by atoms with E-state index in [0.717, 1.165) is 51.1 Å². The summed E-state index contributed by atoms with van der Waals surface area (Å²) in [6.45, 7) is 3.05. The van der Waals surface area contributed by atoms with Gasteiger partial charge in [-0.1, -0.05) is 139 Å². The van der Waals surface area contributed by atoms with E-state index in [1.165, 1.54) is 86.5 Å². The van der Waals surface area contributed by atoms with Gasteiger partial charge in [-0.15, -0.1) is 0 Å². The van der Waals surface area contributed by atoms with Crippen LogP contribution in [0.4, 0.5) is 0 Å². The Balaban J connectivity index is 1.40. The van der Waals surface area contributed by atoms with Crippen molar-refractivity contribution < 1.29 is 33.2 Å². The number of methoxy groups -OCH3 is 3. The minimum absolute atomic E-state index is 0.0178. The summed E-state index contributed by atoms with van der Waals surface area (Å²) in [4.78, 5) is 0. The predicted octanol–water partition coefficient (Wildman–Crippen LogP) is 10.8. The van der Waals surface area contributed by atoms with Gasteiger partial charge in [0.15, 0.2) is 0 Å². The van der Waals surface area contributed by atoms with Crippen LogP contribution < -0.4 is 15.9 Å². The Labute approximate surface area is 347 Å². The molecular formula is C49H76O7P+. The summed E-state index contributed by atoms with van der Waals surface area (Å²) in [6, 6.07) is 33.2. The summed E-state index contributed by atoms with van der Waals surface area (Å²) in [6.07, 6.45) is 22.2.